The zero-order chi connectivity index (χ0) is 11.0. The summed E-state index contributed by atoms with van der Waals surface area (Å²) < 4.78 is 1.16. The van der Waals surface area contributed by atoms with Gasteiger partial charge < -0.3 is 4.79 Å². The monoisotopic (exact) mass is 248 g/mol. The van der Waals surface area contributed by atoms with Crippen LogP contribution in [-0.2, 0) is 4.79 Å². The predicted molar refractivity (Wildman–Crippen MR) is 68.5 cm³/mol. The molecule has 0 N–H and O–H groups in total. The summed E-state index contributed by atoms with van der Waals surface area (Å²) >= 11 is 3.24. The largest absolute Gasteiger partial charge is 0.301 e. The Labute approximate surface area is 101 Å². The van der Waals surface area contributed by atoms with Gasteiger partial charge in [0.05, 0.1) is 10.2 Å². The Kier molecular flexibility index (Phi) is 2.49. The first-order valence-electron chi connectivity index (χ1n) is 4.88. The van der Waals surface area contributed by atoms with E-state index in [2.05, 4.69) is 9.98 Å². The summed E-state index contributed by atoms with van der Waals surface area (Å²) in [6.07, 6.45) is 0.896. The maximum atomic E-state index is 10.6. The van der Waals surface area contributed by atoms with E-state index in [-0.39, 0.29) is 6.04 Å². The van der Waals surface area contributed by atoms with Crippen LogP contribution in [0.2, 0.25) is 0 Å². The van der Waals surface area contributed by atoms with E-state index in [1.54, 1.807) is 23.1 Å². The summed E-state index contributed by atoms with van der Waals surface area (Å²) in [7, 11) is 0. The summed E-state index contributed by atoms with van der Waals surface area (Å²) in [5.41, 5.74) is 1.00. The molecule has 16 heavy (non-hydrogen) atoms. The van der Waals surface area contributed by atoms with Crippen LogP contribution in [0, 0.1) is 0 Å². The van der Waals surface area contributed by atoms with Gasteiger partial charge in [0.15, 0.2) is 0 Å². The fourth-order valence-electron chi connectivity index (χ4n) is 1.54. The molecule has 1 unspecified atom stereocenters. The second-order valence-electron chi connectivity index (χ2n) is 3.44. The third-order valence-electron chi connectivity index (χ3n) is 2.31. The molecule has 0 amide bonds. The van der Waals surface area contributed by atoms with Gasteiger partial charge in [-0.25, -0.2) is 4.98 Å². The second-order valence-corrected chi connectivity index (χ2v) is 5.47. The van der Waals surface area contributed by atoms with E-state index in [4.69, 9.17) is 0 Å². The van der Waals surface area contributed by atoms with Crippen LogP contribution in [0.15, 0.2) is 29.3 Å². The molecule has 0 bridgehead atoms. The number of para-hydroxylation sites is 1. The van der Waals surface area contributed by atoms with Crippen LogP contribution >= 0.6 is 23.1 Å². The minimum Gasteiger partial charge on any atom is -0.301 e. The Morgan fingerprint density at radius 1 is 1.38 bits per heavy atom. The normalized spacial score (nSPS) is 20.0. The SMILES string of the molecule is O=CC1CSC(c2nc3ccccc3s2)=N1. The number of nitrogens with zero attached hydrogens (tertiary/aromatic N) is 2. The highest BCUT2D eigenvalue weighted by molar-refractivity contribution is 8.15. The number of thioether (sulfide) groups is 1. The van der Waals surface area contributed by atoms with E-state index < -0.39 is 0 Å². The van der Waals surface area contributed by atoms with Gasteiger partial charge >= 0.3 is 0 Å². The molecule has 0 fully saturated rings. The molecule has 0 aliphatic carbocycles. The number of benzene rings is 1. The van der Waals surface area contributed by atoms with Crippen molar-refractivity contribution in [1.29, 1.82) is 0 Å². The number of aromatic nitrogens is 1. The Bertz CT molecular complexity index is 543. The molecule has 2 heterocycles. The molecule has 80 valence electrons. The van der Waals surface area contributed by atoms with Crippen LogP contribution in [-0.4, -0.2) is 28.1 Å². The molecule has 0 spiro atoms. The van der Waals surface area contributed by atoms with E-state index >= 15 is 0 Å². The average molecular weight is 248 g/mol. The maximum Gasteiger partial charge on any atom is 0.149 e. The van der Waals surface area contributed by atoms with Crippen LogP contribution in [0.5, 0.6) is 0 Å². The second kappa shape index (κ2) is 3.99. The number of aldehydes is 1. The van der Waals surface area contributed by atoms with Gasteiger partial charge in [0, 0.05) is 5.75 Å². The molecule has 0 saturated heterocycles. The van der Waals surface area contributed by atoms with Gasteiger partial charge in [-0.3, -0.25) is 4.99 Å². The minimum absolute atomic E-state index is 0.188. The van der Waals surface area contributed by atoms with Crippen molar-refractivity contribution in [3.8, 4) is 0 Å². The zero-order valence-electron chi connectivity index (χ0n) is 8.29. The van der Waals surface area contributed by atoms with E-state index in [0.29, 0.717) is 0 Å². The highest BCUT2D eigenvalue weighted by Crippen LogP contribution is 2.28. The highest BCUT2D eigenvalue weighted by Gasteiger charge is 2.21. The van der Waals surface area contributed by atoms with Gasteiger partial charge in [-0.2, -0.15) is 0 Å². The quantitative estimate of drug-likeness (QED) is 0.766. The highest BCUT2D eigenvalue weighted by atomic mass is 32.2. The summed E-state index contributed by atoms with van der Waals surface area (Å²) in [5, 5.41) is 1.83. The molecule has 3 rings (SSSR count). The first-order valence-corrected chi connectivity index (χ1v) is 6.69. The number of hydrogen-bond donors (Lipinski definition) is 0. The lowest BCUT2D eigenvalue weighted by Gasteiger charge is -1.89. The van der Waals surface area contributed by atoms with E-state index in [0.717, 1.165) is 32.3 Å². The molecule has 1 aliphatic heterocycles. The van der Waals surface area contributed by atoms with Crippen LogP contribution in [0.25, 0.3) is 10.2 Å². The lowest BCUT2D eigenvalue weighted by Crippen LogP contribution is -2.03. The van der Waals surface area contributed by atoms with Crippen LogP contribution in [0.4, 0.5) is 0 Å². The lowest BCUT2D eigenvalue weighted by molar-refractivity contribution is -0.108. The average Bonchev–Trinajstić information content (AvgIpc) is 2.95. The van der Waals surface area contributed by atoms with Crippen molar-refractivity contribution in [2.24, 2.45) is 4.99 Å². The van der Waals surface area contributed by atoms with Crippen molar-refractivity contribution in [3.05, 3.63) is 29.3 Å². The molecule has 2 aromatic rings. The van der Waals surface area contributed by atoms with Gasteiger partial charge in [0.2, 0.25) is 0 Å². The van der Waals surface area contributed by atoms with Crippen molar-refractivity contribution in [2.45, 2.75) is 6.04 Å². The molecule has 1 atom stereocenters. The fraction of sp³-hybridized carbons (Fsp3) is 0.182. The topological polar surface area (TPSA) is 42.3 Å². The molecule has 0 radical (unpaired) electrons. The third kappa shape index (κ3) is 1.66. The summed E-state index contributed by atoms with van der Waals surface area (Å²) in [6.45, 7) is 0. The molecule has 1 aromatic heterocycles. The molecule has 0 saturated carbocycles. The van der Waals surface area contributed by atoms with Crippen LogP contribution < -0.4 is 0 Å². The number of aliphatic imine (C=N–C) groups is 1. The third-order valence-corrected chi connectivity index (χ3v) is 4.56. The molecular formula is C11H8N2OS2. The molecular weight excluding hydrogens is 240 g/mol. The van der Waals surface area contributed by atoms with Crippen LogP contribution in [0.1, 0.15) is 5.01 Å². The Morgan fingerprint density at radius 2 is 2.25 bits per heavy atom. The Hall–Kier alpha value is -1.20. The minimum atomic E-state index is -0.188. The number of fused-ring (bicyclic) bond motifs is 1. The molecule has 1 aliphatic rings. The van der Waals surface area contributed by atoms with E-state index in [1.807, 2.05) is 24.3 Å². The Morgan fingerprint density at radius 3 is 3.00 bits per heavy atom. The van der Waals surface area contributed by atoms with E-state index in [9.17, 15) is 4.79 Å². The van der Waals surface area contributed by atoms with Crippen molar-refractivity contribution in [3.63, 3.8) is 0 Å². The van der Waals surface area contributed by atoms with Crippen molar-refractivity contribution < 1.29 is 4.79 Å². The summed E-state index contributed by atoms with van der Waals surface area (Å²) in [4.78, 5) is 19.5. The van der Waals surface area contributed by atoms with Gasteiger partial charge in [-0.05, 0) is 12.1 Å². The van der Waals surface area contributed by atoms with Gasteiger partial charge in [0.1, 0.15) is 22.4 Å². The predicted octanol–water partition coefficient (Wildman–Crippen LogP) is 2.36. The smallest absolute Gasteiger partial charge is 0.149 e. The number of hydrogen-bond acceptors (Lipinski definition) is 5. The number of carbonyl (C=O) groups is 1. The van der Waals surface area contributed by atoms with Crippen molar-refractivity contribution in [2.75, 3.05) is 5.75 Å². The van der Waals surface area contributed by atoms with Crippen LogP contribution in [0.3, 0.4) is 0 Å². The molecule has 5 heteroatoms. The van der Waals surface area contributed by atoms with Crippen molar-refractivity contribution >= 4 is 44.6 Å². The molecule has 1 aromatic carbocycles. The first-order chi connectivity index (χ1) is 7.86. The summed E-state index contributed by atoms with van der Waals surface area (Å²) in [5.74, 6) is 0.745. The maximum absolute atomic E-state index is 10.6. The van der Waals surface area contributed by atoms with Gasteiger partial charge in [0.25, 0.3) is 0 Å². The fourth-order valence-corrected chi connectivity index (χ4v) is 3.56. The van der Waals surface area contributed by atoms with Gasteiger partial charge in [-0.15, -0.1) is 23.1 Å². The Balaban J connectivity index is 2.03. The number of carbonyl (C=O) groups excluding carboxylic acids is 1. The standard InChI is InChI=1S/C11H8N2OS2/c14-5-7-6-15-10(12-7)11-13-8-3-1-2-4-9(8)16-11/h1-5,7H,6H2. The van der Waals surface area contributed by atoms with Crippen molar-refractivity contribution in [1.82, 2.24) is 4.98 Å². The molecule has 3 nitrogen and oxygen atoms in total. The number of thiazole rings is 1. The lowest BCUT2D eigenvalue weighted by atomic mass is 10.3. The summed E-state index contributed by atoms with van der Waals surface area (Å²) in [6, 6.07) is 7.83. The zero-order valence-corrected chi connectivity index (χ0v) is 9.92. The van der Waals surface area contributed by atoms with Gasteiger partial charge in [-0.1, -0.05) is 12.1 Å². The first kappa shape index (κ1) is 9.99. The van der Waals surface area contributed by atoms with E-state index in [1.165, 1.54) is 0 Å². The number of rotatable bonds is 2.